The summed E-state index contributed by atoms with van der Waals surface area (Å²) in [4.78, 5) is 16.8. The van der Waals surface area contributed by atoms with Crippen molar-refractivity contribution in [2.75, 3.05) is 36.8 Å². The van der Waals surface area contributed by atoms with E-state index in [9.17, 15) is 4.79 Å². The third-order valence-electron chi connectivity index (χ3n) is 3.88. The second-order valence-electron chi connectivity index (χ2n) is 5.39. The van der Waals surface area contributed by atoms with Crippen LogP contribution in [0.1, 0.15) is 0 Å². The number of rotatable bonds is 3. The minimum absolute atomic E-state index is 0.524. The fourth-order valence-corrected chi connectivity index (χ4v) is 3.46. The zero-order valence-electron chi connectivity index (χ0n) is 12.7. The van der Waals surface area contributed by atoms with Gasteiger partial charge in [-0.25, -0.2) is 4.79 Å². The molecule has 1 saturated heterocycles. The first kappa shape index (κ1) is 15.6. The Morgan fingerprint density at radius 3 is 2.35 bits per heavy atom. The third kappa shape index (κ3) is 3.71. The average Bonchev–Trinajstić information content (AvgIpc) is 2.58. The van der Waals surface area contributed by atoms with Crippen molar-refractivity contribution >= 4 is 29.2 Å². The van der Waals surface area contributed by atoms with Gasteiger partial charge in [-0.1, -0.05) is 30.0 Å². The Morgan fingerprint density at radius 1 is 1.04 bits per heavy atom. The lowest BCUT2D eigenvalue weighted by Gasteiger charge is -2.34. The highest BCUT2D eigenvalue weighted by atomic mass is 32.2. The van der Waals surface area contributed by atoms with Crippen LogP contribution in [0.25, 0.3) is 0 Å². The maximum absolute atomic E-state index is 11.0. The molecule has 23 heavy (non-hydrogen) atoms. The van der Waals surface area contributed by atoms with Gasteiger partial charge in [0.15, 0.2) is 0 Å². The van der Waals surface area contributed by atoms with Crippen LogP contribution in [0.4, 0.5) is 16.2 Å². The normalized spacial score (nSPS) is 14.8. The molecule has 0 saturated carbocycles. The van der Waals surface area contributed by atoms with Gasteiger partial charge in [0.25, 0.3) is 0 Å². The minimum Gasteiger partial charge on any atom is -0.465 e. The second-order valence-corrected chi connectivity index (χ2v) is 6.51. The molecule has 0 unspecified atom stereocenters. The minimum atomic E-state index is -0.848. The summed E-state index contributed by atoms with van der Waals surface area (Å²) in [6.07, 6.45) is -0.848. The zero-order chi connectivity index (χ0) is 16.2. The van der Waals surface area contributed by atoms with E-state index in [4.69, 9.17) is 10.8 Å². The number of carbonyl (C=O) groups is 1. The Hall–Kier alpha value is -2.34. The fraction of sp³-hybridized carbons (Fsp3) is 0.235. The third-order valence-corrected chi connectivity index (χ3v) is 4.98. The van der Waals surface area contributed by atoms with Gasteiger partial charge in [-0.05, 0) is 30.3 Å². The largest absolute Gasteiger partial charge is 0.465 e. The quantitative estimate of drug-likeness (QED) is 0.846. The lowest BCUT2D eigenvalue weighted by Crippen LogP contribution is -2.48. The van der Waals surface area contributed by atoms with Crippen molar-refractivity contribution in [3.05, 3.63) is 48.5 Å². The molecule has 0 bridgehead atoms. The van der Waals surface area contributed by atoms with Crippen LogP contribution in [0.2, 0.25) is 0 Å². The SMILES string of the molecule is Nc1cc(N2CCN(C(=O)O)CC2)ccc1Sc1ccccc1. The van der Waals surface area contributed by atoms with Gasteiger partial charge in [0.2, 0.25) is 0 Å². The molecule has 0 aromatic heterocycles. The van der Waals surface area contributed by atoms with E-state index in [2.05, 4.69) is 23.1 Å². The molecule has 2 aromatic rings. The monoisotopic (exact) mass is 329 g/mol. The number of nitrogen functional groups attached to an aromatic ring is 1. The molecule has 1 fully saturated rings. The number of benzene rings is 2. The van der Waals surface area contributed by atoms with E-state index in [1.807, 2.05) is 30.3 Å². The van der Waals surface area contributed by atoms with Crippen LogP contribution in [0, 0.1) is 0 Å². The fourth-order valence-electron chi connectivity index (χ4n) is 2.60. The van der Waals surface area contributed by atoms with Gasteiger partial charge in [0.05, 0.1) is 0 Å². The van der Waals surface area contributed by atoms with Crippen LogP contribution in [0.3, 0.4) is 0 Å². The molecule has 3 rings (SSSR count). The first-order chi connectivity index (χ1) is 11.1. The highest BCUT2D eigenvalue weighted by Gasteiger charge is 2.20. The summed E-state index contributed by atoms with van der Waals surface area (Å²) in [7, 11) is 0. The molecule has 6 heteroatoms. The van der Waals surface area contributed by atoms with E-state index < -0.39 is 6.09 Å². The van der Waals surface area contributed by atoms with E-state index >= 15 is 0 Å². The Kier molecular flexibility index (Phi) is 4.62. The lowest BCUT2D eigenvalue weighted by molar-refractivity contribution is 0.142. The van der Waals surface area contributed by atoms with Gasteiger partial charge < -0.3 is 20.6 Å². The van der Waals surface area contributed by atoms with E-state index in [0.717, 1.165) is 21.2 Å². The van der Waals surface area contributed by atoms with Crippen molar-refractivity contribution in [2.45, 2.75) is 9.79 Å². The van der Waals surface area contributed by atoms with Crippen molar-refractivity contribution in [1.29, 1.82) is 0 Å². The molecule has 1 aliphatic heterocycles. The summed E-state index contributed by atoms with van der Waals surface area (Å²) in [6.45, 7) is 2.43. The summed E-state index contributed by atoms with van der Waals surface area (Å²) in [6, 6.07) is 16.2. The van der Waals surface area contributed by atoms with Crippen LogP contribution in [0.15, 0.2) is 58.3 Å². The summed E-state index contributed by atoms with van der Waals surface area (Å²) in [5.74, 6) is 0. The highest BCUT2D eigenvalue weighted by Crippen LogP contribution is 2.34. The van der Waals surface area contributed by atoms with Crippen LogP contribution in [-0.2, 0) is 0 Å². The number of carboxylic acid groups (broad SMARTS) is 1. The number of anilines is 2. The predicted molar refractivity (Wildman–Crippen MR) is 93.2 cm³/mol. The van der Waals surface area contributed by atoms with Gasteiger partial charge in [-0.15, -0.1) is 0 Å². The summed E-state index contributed by atoms with van der Waals surface area (Å²) in [5, 5.41) is 9.00. The molecule has 0 atom stereocenters. The first-order valence-electron chi connectivity index (χ1n) is 7.49. The molecule has 120 valence electrons. The van der Waals surface area contributed by atoms with Gasteiger partial charge in [0, 0.05) is 47.3 Å². The van der Waals surface area contributed by atoms with E-state index in [1.54, 1.807) is 11.8 Å². The van der Waals surface area contributed by atoms with Gasteiger partial charge in [-0.2, -0.15) is 0 Å². The molecule has 1 aliphatic rings. The highest BCUT2D eigenvalue weighted by molar-refractivity contribution is 7.99. The first-order valence-corrected chi connectivity index (χ1v) is 8.30. The summed E-state index contributed by atoms with van der Waals surface area (Å²) < 4.78 is 0. The van der Waals surface area contributed by atoms with Crippen molar-refractivity contribution in [3.63, 3.8) is 0 Å². The molecule has 5 nitrogen and oxygen atoms in total. The van der Waals surface area contributed by atoms with E-state index in [-0.39, 0.29) is 0 Å². The molecule has 0 aliphatic carbocycles. The van der Waals surface area contributed by atoms with Crippen LogP contribution in [0.5, 0.6) is 0 Å². The Labute approximate surface area is 139 Å². The summed E-state index contributed by atoms with van der Waals surface area (Å²) in [5.41, 5.74) is 7.99. The number of piperazine rings is 1. The van der Waals surface area contributed by atoms with Crippen molar-refractivity contribution in [3.8, 4) is 0 Å². The smallest absolute Gasteiger partial charge is 0.407 e. The zero-order valence-corrected chi connectivity index (χ0v) is 13.5. The van der Waals surface area contributed by atoms with Crippen LogP contribution < -0.4 is 10.6 Å². The number of hydrogen-bond donors (Lipinski definition) is 2. The maximum Gasteiger partial charge on any atom is 0.407 e. The average molecular weight is 329 g/mol. The molecule has 1 amide bonds. The van der Waals surface area contributed by atoms with Gasteiger partial charge >= 0.3 is 6.09 Å². The maximum atomic E-state index is 11.0. The number of nitrogens with zero attached hydrogens (tertiary/aromatic N) is 2. The molecule has 0 radical (unpaired) electrons. The Bertz CT molecular complexity index is 685. The van der Waals surface area contributed by atoms with Crippen LogP contribution in [-0.4, -0.2) is 42.3 Å². The lowest BCUT2D eigenvalue weighted by atomic mass is 10.2. The van der Waals surface area contributed by atoms with Gasteiger partial charge in [-0.3, -0.25) is 0 Å². The van der Waals surface area contributed by atoms with Crippen molar-refractivity contribution in [2.24, 2.45) is 0 Å². The molecule has 0 spiro atoms. The number of amides is 1. The van der Waals surface area contributed by atoms with E-state index in [1.165, 1.54) is 4.90 Å². The topological polar surface area (TPSA) is 69.8 Å². The van der Waals surface area contributed by atoms with E-state index in [0.29, 0.717) is 26.2 Å². The van der Waals surface area contributed by atoms with Crippen molar-refractivity contribution < 1.29 is 9.90 Å². The molecular formula is C17H19N3O2S. The molecule has 1 heterocycles. The standard InChI is InChI=1S/C17H19N3O2S/c18-15-12-13(19-8-10-20(11-9-19)17(21)22)6-7-16(15)23-14-4-2-1-3-5-14/h1-7,12H,8-11,18H2,(H,21,22). The number of nitrogens with two attached hydrogens (primary N) is 1. The van der Waals surface area contributed by atoms with Crippen molar-refractivity contribution in [1.82, 2.24) is 4.90 Å². The molecule has 2 aromatic carbocycles. The Morgan fingerprint density at radius 2 is 1.74 bits per heavy atom. The number of hydrogen-bond acceptors (Lipinski definition) is 4. The predicted octanol–water partition coefficient (Wildman–Crippen LogP) is 3.22. The molecule has 3 N–H and O–H groups in total. The second kappa shape index (κ2) is 6.83. The Balaban J connectivity index is 1.69. The van der Waals surface area contributed by atoms with Gasteiger partial charge in [0.1, 0.15) is 0 Å². The molecular weight excluding hydrogens is 310 g/mol. The van der Waals surface area contributed by atoms with Crippen LogP contribution >= 0.6 is 11.8 Å². The summed E-state index contributed by atoms with van der Waals surface area (Å²) >= 11 is 1.64.